The smallest absolute Gasteiger partial charge is 0.305 e. The van der Waals surface area contributed by atoms with Gasteiger partial charge in [0.25, 0.3) is 0 Å². The number of ether oxygens (including phenoxy) is 1. The molecule has 0 bridgehead atoms. The molecule has 0 aliphatic carbocycles. The Morgan fingerprint density at radius 3 is 1.30 bits per heavy atom. The largest absolute Gasteiger partial charge is 0.466 e. The summed E-state index contributed by atoms with van der Waals surface area (Å²) in [4.78, 5) is 19.4. The van der Waals surface area contributed by atoms with E-state index in [0.717, 1.165) is 38.9 Å². The van der Waals surface area contributed by atoms with Crippen molar-refractivity contribution in [1.29, 1.82) is 0 Å². The zero-order valence-corrected chi connectivity index (χ0v) is 31.6. The molecule has 0 atom stereocenters. The van der Waals surface area contributed by atoms with E-state index in [1.165, 1.54) is 198 Å². The van der Waals surface area contributed by atoms with Crippen LogP contribution in [0.15, 0.2) is 4.99 Å². The van der Waals surface area contributed by atoms with Crippen molar-refractivity contribution in [3.05, 3.63) is 0 Å². The summed E-state index contributed by atoms with van der Waals surface area (Å²) >= 11 is 0. The molecule has 0 aromatic rings. The Morgan fingerprint density at radius 2 is 0.891 bits per heavy atom. The molecule has 0 saturated heterocycles. The molecule has 0 aromatic carbocycles. The SMILES string of the molecule is CCCCCCCCCCCCCCCCCCC1=NCCN1CCCOC(=O)CCCCCCCCCCCCCCCCC. The first-order valence-electron chi connectivity index (χ1n) is 21.2. The number of esters is 1. The number of hydrogen-bond donors (Lipinski definition) is 0. The quantitative estimate of drug-likeness (QED) is 0.0498. The third-order valence-electron chi connectivity index (χ3n) is 10.1. The van der Waals surface area contributed by atoms with Gasteiger partial charge in [0.05, 0.1) is 19.0 Å². The number of nitrogens with zero attached hydrogens (tertiary/aromatic N) is 2. The van der Waals surface area contributed by atoms with Gasteiger partial charge in [-0.25, -0.2) is 0 Å². The van der Waals surface area contributed by atoms with Crippen LogP contribution in [0.3, 0.4) is 0 Å². The average Bonchev–Trinajstić information content (AvgIpc) is 3.51. The Labute approximate surface area is 289 Å². The van der Waals surface area contributed by atoms with E-state index in [9.17, 15) is 4.79 Å². The minimum atomic E-state index is -0.00169. The van der Waals surface area contributed by atoms with Crippen molar-refractivity contribution in [3.8, 4) is 0 Å². The molecule has 1 heterocycles. The zero-order chi connectivity index (χ0) is 33.0. The highest BCUT2D eigenvalue weighted by Crippen LogP contribution is 2.17. The fraction of sp³-hybridized carbons (Fsp3) is 0.952. The highest BCUT2D eigenvalue weighted by molar-refractivity contribution is 5.83. The molecule has 46 heavy (non-hydrogen) atoms. The van der Waals surface area contributed by atoms with Crippen LogP contribution < -0.4 is 0 Å². The lowest BCUT2D eigenvalue weighted by Crippen LogP contribution is -2.29. The maximum Gasteiger partial charge on any atom is 0.305 e. The van der Waals surface area contributed by atoms with Crippen molar-refractivity contribution < 1.29 is 9.53 Å². The maximum atomic E-state index is 12.2. The van der Waals surface area contributed by atoms with Gasteiger partial charge in [0.1, 0.15) is 0 Å². The van der Waals surface area contributed by atoms with Crippen molar-refractivity contribution in [2.24, 2.45) is 4.99 Å². The lowest BCUT2D eigenvalue weighted by Gasteiger charge is -2.20. The van der Waals surface area contributed by atoms with Gasteiger partial charge in [-0.3, -0.25) is 9.79 Å². The summed E-state index contributed by atoms with van der Waals surface area (Å²) in [5.41, 5.74) is 0. The highest BCUT2D eigenvalue weighted by Gasteiger charge is 2.16. The lowest BCUT2D eigenvalue weighted by molar-refractivity contribution is -0.143. The van der Waals surface area contributed by atoms with Gasteiger partial charge in [0.2, 0.25) is 0 Å². The van der Waals surface area contributed by atoms with Crippen molar-refractivity contribution >= 4 is 11.8 Å². The number of rotatable bonds is 37. The van der Waals surface area contributed by atoms with E-state index in [0.29, 0.717) is 13.0 Å². The van der Waals surface area contributed by atoms with Crippen LogP contribution in [0.1, 0.15) is 232 Å². The highest BCUT2D eigenvalue weighted by atomic mass is 16.5. The van der Waals surface area contributed by atoms with E-state index in [4.69, 9.17) is 9.73 Å². The fourth-order valence-electron chi connectivity index (χ4n) is 6.99. The van der Waals surface area contributed by atoms with Gasteiger partial charge in [0.15, 0.2) is 0 Å². The molecule has 272 valence electrons. The minimum Gasteiger partial charge on any atom is -0.466 e. The van der Waals surface area contributed by atoms with Crippen LogP contribution in [0.25, 0.3) is 0 Å². The molecule has 4 heteroatoms. The van der Waals surface area contributed by atoms with E-state index < -0.39 is 0 Å². The van der Waals surface area contributed by atoms with Crippen LogP contribution in [0.2, 0.25) is 0 Å². The molecule has 1 aliphatic rings. The van der Waals surface area contributed by atoms with Gasteiger partial charge < -0.3 is 9.64 Å². The number of carbonyl (C=O) groups excluding carboxylic acids is 1. The second-order valence-corrected chi connectivity index (χ2v) is 14.6. The fourth-order valence-corrected chi connectivity index (χ4v) is 6.99. The maximum absolute atomic E-state index is 12.2. The average molecular weight is 647 g/mol. The summed E-state index contributed by atoms with van der Waals surface area (Å²) in [7, 11) is 0. The summed E-state index contributed by atoms with van der Waals surface area (Å²) in [5, 5.41) is 0. The molecule has 0 unspecified atom stereocenters. The van der Waals surface area contributed by atoms with Crippen LogP contribution in [-0.2, 0) is 9.53 Å². The second kappa shape index (κ2) is 35.3. The van der Waals surface area contributed by atoms with Crippen LogP contribution >= 0.6 is 0 Å². The van der Waals surface area contributed by atoms with E-state index in [2.05, 4.69) is 18.7 Å². The molecular weight excluding hydrogens is 564 g/mol. The molecule has 4 nitrogen and oxygen atoms in total. The molecular formula is C42H82N2O2. The minimum absolute atomic E-state index is 0.00169. The summed E-state index contributed by atoms with van der Waals surface area (Å²) < 4.78 is 5.54. The molecule has 0 aromatic heterocycles. The Kier molecular flexibility index (Phi) is 32.9. The van der Waals surface area contributed by atoms with E-state index in [1.54, 1.807) is 0 Å². The van der Waals surface area contributed by atoms with E-state index in [-0.39, 0.29) is 5.97 Å². The molecule has 0 amide bonds. The first-order chi connectivity index (χ1) is 22.8. The lowest BCUT2D eigenvalue weighted by atomic mass is 10.0. The standard InChI is InChI=1S/C42H82N2O2/c1-3-5-7-9-11-13-15-17-19-21-22-24-26-28-30-32-35-41-43-37-39-44(41)38-34-40-46-42(45)36-33-31-29-27-25-23-20-18-16-14-12-10-8-6-4-2/h3-40H2,1-2H3. The topological polar surface area (TPSA) is 41.9 Å². The number of amidine groups is 1. The predicted octanol–water partition coefficient (Wildman–Crippen LogP) is 13.5. The Hall–Kier alpha value is -1.06. The van der Waals surface area contributed by atoms with Gasteiger partial charge in [0, 0.05) is 25.9 Å². The second-order valence-electron chi connectivity index (χ2n) is 14.6. The Balaban J connectivity index is 1.83. The van der Waals surface area contributed by atoms with Gasteiger partial charge in [-0.1, -0.05) is 200 Å². The van der Waals surface area contributed by atoms with E-state index in [1.807, 2.05) is 0 Å². The van der Waals surface area contributed by atoms with Gasteiger partial charge in [-0.05, 0) is 19.3 Å². The van der Waals surface area contributed by atoms with Crippen LogP contribution in [-0.4, -0.2) is 42.9 Å². The predicted molar refractivity (Wildman–Crippen MR) is 203 cm³/mol. The monoisotopic (exact) mass is 647 g/mol. The summed E-state index contributed by atoms with van der Waals surface area (Å²) in [6.45, 7) is 8.10. The molecule has 1 rings (SSSR count). The number of carbonyl (C=O) groups is 1. The molecule has 1 aliphatic heterocycles. The van der Waals surface area contributed by atoms with Gasteiger partial charge in [-0.15, -0.1) is 0 Å². The van der Waals surface area contributed by atoms with Crippen molar-refractivity contribution in [2.45, 2.75) is 232 Å². The molecule has 0 spiro atoms. The van der Waals surface area contributed by atoms with Crippen LogP contribution in [0.4, 0.5) is 0 Å². The normalized spacial score (nSPS) is 13.1. The zero-order valence-electron chi connectivity index (χ0n) is 31.6. The molecule has 0 saturated carbocycles. The van der Waals surface area contributed by atoms with Gasteiger partial charge >= 0.3 is 5.97 Å². The Bertz CT molecular complexity index is 664. The summed E-state index contributed by atoms with van der Waals surface area (Å²) in [5.74, 6) is 1.30. The molecule has 0 N–H and O–H groups in total. The third-order valence-corrected chi connectivity index (χ3v) is 10.1. The molecule has 0 radical (unpaired) electrons. The van der Waals surface area contributed by atoms with Crippen LogP contribution in [0.5, 0.6) is 0 Å². The molecule has 0 fully saturated rings. The number of hydrogen-bond acceptors (Lipinski definition) is 4. The first kappa shape index (κ1) is 43.0. The number of unbranched alkanes of at least 4 members (excludes halogenated alkanes) is 29. The summed E-state index contributed by atoms with van der Waals surface area (Å²) in [6.07, 6.45) is 45.5. The van der Waals surface area contributed by atoms with Gasteiger partial charge in [-0.2, -0.15) is 0 Å². The third kappa shape index (κ3) is 29.1. The van der Waals surface area contributed by atoms with Crippen molar-refractivity contribution in [3.63, 3.8) is 0 Å². The summed E-state index contributed by atoms with van der Waals surface area (Å²) in [6, 6.07) is 0. The van der Waals surface area contributed by atoms with Crippen molar-refractivity contribution in [2.75, 3.05) is 26.2 Å². The number of aliphatic imine (C=N–C) groups is 1. The van der Waals surface area contributed by atoms with Crippen molar-refractivity contribution in [1.82, 2.24) is 4.90 Å². The Morgan fingerprint density at radius 1 is 0.522 bits per heavy atom. The first-order valence-corrected chi connectivity index (χ1v) is 21.2. The van der Waals surface area contributed by atoms with Crippen LogP contribution in [0, 0.1) is 0 Å². The van der Waals surface area contributed by atoms with E-state index >= 15 is 0 Å².